The summed E-state index contributed by atoms with van der Waals surface area (Å²) in [5.74, 6) is 0.583. The summed E-state index contributed by atoms with van der Waals surface area (Å²) in [6.45, 7) is 8.87. The monoisotopic (exact) mass is 230 g/mol. The Hall–Kier alpha value is -0.120. The third-order valence-electron chi connectivity index (χ3n) is 3.47. The first-order valence-corrected chi connectivity index (χ1v) is 6.56. The van der Waals surface area contributed by atoms with Crippen molar-refractivity contribution < 1.29 is 5.11 Å². The van der Waals surface area contributed by atoms with Gasteiger partial charge in [-0.05, 0) is 32.2 Å². The Labute approximate surface area is 101 Å². The lowest BCUT2D eigenvalue weighted by Crippen LogP contribution is -2.52. The van der Waals surface area contributed by atoms with E-state index in [0.717, 1.165) is 19.3 Å². The molecule has 3 nitrogen and oxygen atoms in total. The summed E-state index contributed by atoms with van der Waals surface area (Å²) in [4.78, 5) is 2.26. The van der Waals surface area contributed by atoms with Gasteiger partial charge in [-0.15, -0.1) is 0 Å². The highest BCUT2D eigenvalue weighted by Gasteiger charge is 2.25. The van der Waals surface area contributed by atoms with Gasteiger partial charge in [0.15, 0.2) is 0 Å². The second-order valence-electron chi connectivity index (χ2n) is 5.18. The van der Waals surface area contributed by atoms with Crippen LogP contribution in [-0.2, 0) is 0 Å². The average molecular weight is 230 g/mol. The van der Waals surface area contributed by atoms with Crippen molar-refractivity contribution in [1.82, 2.24) is 4.90 Å². The second-order valence-corrected chi connectivity index (χ2v) is 5.18. The molecule has 2 atom stereocenters. The third kappa shape index (κ3) is 4.81. The quantitative estimate of drug-likeness (QED) is 0.669. The Balaban J connectivity index is 4.45. The van der Waals surface area contributed by atoms with Gasteiger partial charge in [0, 0.05) is 18.1 Å². The SMILES string of the molecule is CCC(CC)N(C)C(CO)C(N)CC(C)C. The van der Waals surface area contributed by atoms with Gasteiger partial charge in [0.2, 0.25) is 0 Å². The standard InChI is InChI=1S/C13H30N2O/c1-6-11(7-2)15(5)13(9-16)12(14)8-10(3)4/h10-13,16H,6-9,14H2,1-5H3. The molecule has 16 heavy (non-hydrogen) atoms. The van der Waals surface area contributed by atoms with Crippen LogP contribution in [0.5, 0.6) is 0 Å². The molecule has 0 aromatic heterocycles. The molecule has 0 radical (unpaired) electrons. The van der Waals surface area contributed by atoms with E-state index in [0.29, 0.717) is 12.0 Å². The fraction of sp³-hybridized carbons (Fsp3) is 1.00. The molecule has 0 aliphatic heterocycles. The molecular formula is C13H30N2O. The zero-order valence-corrected chi connectivity index (χ0v) is 11.6. The molecule has 98 valence electrons. The summed E-state index contributed by atoms with van der Waals surface area (Å²) >= 11 is 0. The maximum atomic E-state index is 9.50. The normalized spacial score (nSPS) is 16.1. The van der Waals surface area contributed by atoms with Crippen molar-refractivity contribution in [2.45, 2.75) is 65.1 Å². The van der Waals surface area contributed by atoms with Crippen LogP contribution in [0, 0.1) is 5.92 Å². The molecule has 0 spiro atoms. The first-order chi connectivity index (χ1) is 7.47. The van der Waals surface area contributed by atoms with E-state index in [1.807, 2.05) is 0 Å². The fourth-order valence-electron chi connectivity index (χ4n) is 2.40. The van der Waals surface area contributed by atoms with E-state index >= 15 is 0 Å². The summed E-state index contributed by atoms with van der Waals surface area (Å²) < 4.78 is 0. The first-order valence-electron chi connectivity index (χ1n) is 6.56. The highest BCUT2D eigenvalue weighted by atomic mass is 16.3. The minimum Gasteiger partial charge on any atom is -0.395 e. The predicted molar refractivity (Wildman–Crippen MR) is 70.4 cm³/mol. The van der Waals surface area contributed by atoms with E-state index in [-0.39, 0.29) is 18.7 Å². The molecule has 0 aliphatic carbocycles. The average Bonchev–Trinajstić information content (AvgIpc) is 2.19. The van der Waals surface area contributed by atoms with Gasteiger partial charge in [0.25, 0.3) is 0 Å². The molecule has 0 rings (SSSR count). The highest BCUT2D eigenvalue weighted by molar-refractivity contribution is 4.84. The van der Waals surface area contributed by atoms with Crippen LogP contribution >= 0.6 is 0 Å². The van der Waals surface area contributed by atoms with Crippen LogP contribution in [0.3, 0.4) is 0 Å². The largest absolute Gasteiger partial charge is 0.395 e. The Morgan fingerprint density at radius 3 is 2.00 bits per heavy atom. The smallest absolute Gasteiger partial charge is 0.0601 e. The van der Waals surface area contributed by atoms with Crippen LogP contribution in [-0.4, -0.2) is 41.8 Å². The molecule has 0 bridgehead atoms. The maximum Gasteiger partial charge on any atom is 0.0601 e. The van der Waals surface area contributed by atoms with Crippen molar-refractivity contribution in [3.63, 3.8) is 0 Å². The van der Waals surface area contributed by atoms with Gasteiger partial charge >= 0.3 is 0 Å². The van der Waals surface area contributed by atoms with E-state index in [4.69, 9.17) is 5.73 Å². The minimum atomic E-state index is 0.0654. The molecular weight excluding hydrogens is 200 g/mol. The van der Waals surface area contributed by atoms with Crippen LogP contribution < -0.4 is 5.73 Å². The number of likely N-dealkylation sites (N-methyl/N-ethyl adjacent to an activating group) is 1. The number of hydrogen-bond acceptors (Lipinski definition) is 3. The van der Waals surface area contributed by atoms with Gasteiger partial charge in [0.05, 0.1) is 6.61 Å². The summed E-state index contributed by atoms with van der Waals surface area (Å²) in [7, 11) is 2.08. The molecule has 0 aromatic carbocycles. The highest BCUT2D eigenvalue weighted by Crippen LogP contribution is 2.15. The first kappa shape index (κ1) is 15.9. The molecule has 0 saturated carbocycles. The summed E-state index contributed by atoms with van der Waals surface area (Å²) in [6, 6.07) is 0.679. The number of hydrogen-bond donors (Lipinski definition) is 2. The van der Waals surface area contributed by atoms with Gasteiger partial charge in [-0.25, -0.2) is 0 Å². The number of nitrogens with zero attached hydrogens (tertiary/aromatic N) is 1. The van der Waals surface area contributed by atoms with Gasteiger partial charge < -0.3 is 10.8 Å². The lowest BCUT2D eigenvalue weighted by molar-refractivity contribution is 0.0817. The lowest BCUT2D eigenvalue weighted by Gasteiger charge is -2.37. The Morgan fingerprint density at radius 2 is 1.69 bits per heavy atom. The van der Waals surface area contributed by atoms with Crippen LogP contribution in [0.25, 0.3) is 0 Å². The molecule has 0 aromatic rings. The van der Waals surface area contributed by atoms with Crippen molar-refractivity contribution in [2.24, 2.45) is 11.7 Å². The Kier molecular flexibility index (Phi) is 7.98. The van der Waals surface area contributed by atoms with Crippen LogP contribution in [0.2, 0.25) is 0 Å². The molecule has 3 heteroatoms. The van der Waals surface area contributed by atoms with E-state index in [1.54, 1.807) is 0 Å². The topological polar surface area (TPSA) is 49.5 Å². The number of nitrogens with two attached hydrogens (primary N) is 1. The number of aliphatic hydroxyl groups excluding tert-OH is 1. The van der Waals surface area contributed by atoms with E-state index < -0.39 is 0 Å². The lowest BCUT2D eigenvalue weighted by atomic mass is 9.96. The van der Waals surface area contributed by atoms with E-state index in [2.05, 4.69) is 39.6 Å². The molecule has 3 N–H and O–H groups in total. The van der Waals surface area contributed by atoms with Gasteiger partial charge in [-0.1, -0.05) is 27.7 Å². The molecule has 0 fully saturated rings. The van der Waals surface area contributed by atoms with Crippen molar-refractivity contribution in [1.29, 1.82) is 0 Å². The van der Waals surface area contributed by atoms with Gasteiger partial charge in [-0.3, -0.25) is 4.90 Å². The molecule has 0 saturated heterocycles. The number of rotatable bonds is 8. The summed E-state index contributed by atoms with van der Waals surface area (Å²) in [5, 5.41) is 9.50. The maximum absolute atomic E-state index is 9.50. The van der Waals surface area contributed by atoms with Crippen LogP contribution in [0.4, 0.5) is 0 Å². The Bertz CT molecular complexity index is 169. The Morgan fingerprint density at radius 1 is 1.19 bits per heavy atom. The van der Waals surface area contributed by atoms with E-state index in [9.17, 15) is 5.11 Å². The van der Waals surface area contributed by atoms with Gasteiger partial charge in [0.1, 0.15) is 0 Å². The molecule has 0 aliphatic rings. The van der Waals surface area contributed by atoms with Gasteiger partial charge in [-0.2, -0.15) is 0 Å². The summed E-state index contributed by atoms with van der Waals surface area (Å²) in [6.07, 6.45) is 3.19. The van der Waals surface area contributed by atoms with Crippen LogP contribution in [0.1, 0.15) is 47.0 Å². The number of aliphatic hydroxyl groups is 1. The third-order valence-corrected chi connectivity index (χ3v) is 3.47. The fourth-order valence-corrected chi connectivity index (χ4v) is 2.40. The zero-order valence-electron chi connectivity index (χ0n) is 11.6. The minimum absolute atomic E-state index is 0.0654. The van der Waals surface area contributed by atoms with Crippen molar-refractivity contribution >= 4 is 0 Å². The predicted octanol–water partition coefficient (Wildman–Crippen LogP) is 1.84. The zero-order chi connectivity index (χ0) is 12.7. The van der Waals surface area contributed by atoms with E-state index in [1.165, 1.54) is 0 Å². The molecule has 0 heterocycles. The molecule has 2 unspecified atom stereocenters. The molecule has 0 amide bonds. The van der Waals surface area contributed by atoms with Crippen LogP contribution in [0.15, 0.2) is 0 Å². The second kappa shape index (κ2) is 8.04. The van der Waals surface area contributed by atoms with Crippen molar-refractivity contribution in [3.8, 4) is 0 Å². The van der Waals surface area contributed by atoms with Crippen molar-refractivity contribution in [2.75, 3.05) is 13.7 Å². The van der Waals surface area contributed by atoms with Crippen molar-refractivity contribution in [3.05, 3.63) is 0 Å². The summed E-state index contributed by atoms with van der Waals surface area (Å²) in [5.41, 5.74) is 6.18.